The molecule has 6 nitrogen and oxygen atoms in total. The van der Waals surface area contributed by atoms with Crippen molar-refractivity contribution in [3.63, 3.8) is 0 Å². The molecule has 7 heteroatoms. The SMILES string of the molecule is CCc1c(C)nc2n(c1=O)CN(CCCN(C)C)CN2c1ccc(F)cc1. The van der Waals surface area contributed by atoms with Crippen molar-refractivity contribution in [3.8, 4) is 0 Å². The second kappa shape index (κ2) is 8.19. The average Bonchev–Trinajstić information content (AvgIpc) is 2.62. The summed E-state index contributed by atoms with van der Waals surface area (Å²) in [6.45, 7) is 6.87. The summed E-state index contributed by atoms with van der Waals surface area (Å²) in [5.41, 5.74) is 2.37. The number of benzene rings is 1. The highest BCUT2D eigenvalue weighted by molar-refractivity contribution is 5.58. The molecule has 0 unspecified atom stereocenters. The van der Waals surface area contributed by atoms with Crippen molar-refractivity contribution in [2.45, 2.75) is 33.4 Å². The lowest BCUT2D eigenvalue weighted by Crippen LogP contribution is -2.48. The Balaban J connectivity index is 1.99. The van der Waals surface area contributed by atoms with E-state index in [4.69, 9.17) is 4.98 Å². The van der Waals surface area contributed by atoms with Crippen molar-refractivity contribution < 1.29 is 4.39 Å². The molecule has 1 aliphatic heterocycles. The maximum Gasteiger partial charge on any atom is 0.259 e. The van der Waals surface area contributed by atoms with Gasteiger partial charge in [-0.05, 0) is 64.7 Å². The standard InChI is InChI=1S/C20H28FN5O/c1-5-18-15(2)22-20-25(17-9-7-16(21)8-10-17)13-24(12-6-11-23(3)4)14-26(20)19(18)27/h7-10H,5-6,11-14H2,1-4H3. The largest absolute Gasteiger partial charge is 0.309 e. The zero-order valence-corrected chi connectivity index (χ0v) is 16.6. The first-order valence-electron chi connectivity index (χ1n) is 9.41. The van der Waals surface area contributed by atoms with E-state index in [1.807, 2.05) is 18.7 Å². The molecule has 146 valence electrons. The molecule has 27 heavy (non-hydrogen) atoms. The Morgan fingerprint density at radius 2 is 1.89 bits per heavy atom. The number of rotatable bonds is 6. The third kappa shape index (κ3) is 4.20. The van der Waals surface area contributed by atoms with Gasteiger partial charge in [-0.25, -0.2) is 9.37 Å². The van der Waals surface area contributed by atoms with Gasteiger partial charge in [-0.1, -0.05) is 6.92 Å². The van der Waals surface area contributed by atoms with Gasteiger partial charge in [-0.15, -0.1) is 0 Å². The quantitative estimate of drug-likeness (QED) is 0.779. The maximum atomic E-state index is 13.4. The highest BCUT2D eigenvalue weighted by atomic mass is 19.1. The van der Waals surface area contributed by atoms with Crippen LogP contribution >= 0.6 is 0 Å². The molecule has 2 aromatic rings. The Morgan fingerprint density at radius 1 is 1.19 bits per heavy atom. The number of hydrogen-bond acceptors (Lipinski definition) is 5. The van der Waals surface area contributed by atoms with Gasteiger partial charge in [0, 0.05) is 23.5 Å². The van der Waals surface area contributed by atoms with Gasteiger partial charge in [0.05, 0.1) is 13.3 Å². The van der Waals surface area contributed by atoms with E-state index in [9.17, 15) is 9.18 Å². The summed E-state index contributed by atoms with van der Waals surface area (Å²) in [6, 6.07) is 6.35. The molecule has 0 saturated heterocycles. The molecule has 0 atom stereocenters. The summed E-state index contributed by atoms with van der Waals surface area (Å²) in [4.78, 5) is 24.1. The van der Waals surface area contributed by atoms with Crippen LogP contribution in [-0.4, -0.2) is 53.2 Å². The van der Waals surface area contributed by atoms with Gasteiger partial charge in [0.1, 0.15) is 5.82 Å². The van der Waals surface area contributed by atoms with E-state index in [1.54, 1.807) is 16.7 Å². The smallest absolute Gasteiger partial charge is 0.259 e. The molecule has 0 saturated carbocycles. The van der Waals surface area contributed by atoms with E-state index < -0.39 is 0 Å². The van der Waals surface area contributed by atoms with E-state index in [1.165, 1.54) is 12.1 Å². The lowest BCUT2D eigenvalue weighted by Gasteiger charge is -2.38. The topological polar surface area (TPSA) is 44.6 Å². The van der Waals surface area contributed by atoms with E-state index in [-0.39, 0.29) is 11.4 Å². The molecular weight excluding hydrogens is 345 g/mol. The van der Waals surface area contributed by atoms with Crippen molar-refractivity contribution in [1.29, 1.82) is 0 Å². The van der Waals surface area contributed by atoms with Crippen molar-refractivity contribution >= 4 is 11.6 Å². The summed E-state index contributed by atoms with van der Waals surface area (Å²) in [6.07, 6.45) is 1.67. The van der Waals surface area contributed by atoms with Gasteiger partial charge in [-0.3, -0.25) is 19.2 Å². The molecule has 0 bridgehead atoms. The van der Waals surface area contributed by atoms with Crippen molar-refractivity contribution in [1.82, 2.24) is 19.4 Å². The molecule has 1 aromatic carbocycles. The summed E-state index contributed by atoms with van der Waals surface area (Å²) >= 11 is 0. The summed E-state index contributed by atoms with van der Waals surface area (Å²) in [5, 5.41) is 0. The monoisotopic (exact) mass is 373 g/mol. The van der Waals surface area contributed by atoms with Crippen LogP contribution in [0.3, 0.4) is 0 Å². The van der Waals surface area contributed by atoms with Crippen molar-refractivity contribution in [2.24, 2.45) is 0 Å². The van der Waals surface area contributed by atoms with Crippen LogP contribution in [0.1, 0.15) is 24.6 Å². The Bertz CT molecular complexity index is 847. The van der Waals surface area contributed by atoms with E-state index in [0.717, 1.165) is 36.5 Å². The number of halogens is 1. The first kappa shape index (κ1) is 19.5. The molecule has 0 aliphatic carbocycles. The van der Waals surface area contributed by atoms with E-state index in [2.05, 4.69) is 23.9 Å². The van der Waals surface area contributed by atoms with Crippen LogP contribution in [0.25, 0.3) is 0 Å². The summed E-state index contributed by atoms with van der Waals surface area (Å²) in [7, 11) is 4.11. The Labute approximate surface area is 159 Å². The highest BCUT2D eigenvalue weighted by Gasteiger charge is 2.27. The predicted molar refractivity (Wildman–Crippen MR) is 106 cm³/mol. The predicted octanol–water partition coefficient (Wildman–Crippen LogP) is 2.57. The van der Waals surface area contributed by atoms with Crippen LogP contribution in [0.4, 0.5) is 16.0 Å². The minimum atomic E-state index is -0.276. The van der Waals surface area contributed by atoms with Gasteiger partial charge in [0.15, 0.2) is 0 Å². The molecule has 0 spiro atoms. The van der Waals surface area contributed by atoms with Crippen LogP contribution in [0.15, 0.2) is 29.1 Å². The molecular formula is C20H28FN5O. The number of nitrogens with zero attached hydrogens (tertiary/aromatic N) is 5. The Morgan fingerprint density at radius 3 is 2.52 bits per heavy atom. The van der Waals surface area contributed by atoms with Crippen LogP contribution < -0.4 is 10.5 Å². The van der Waals surface area contributed by atoms with E-state index in [0.29, 0.717) is 25.7 Å². The van der Waals surface area contributed by atoms with Crippen LogP contribution in [0.2, 0.25) is 0 Å². The van der Waals surface area contributed by atoms with Gasteiger partial charge in [0.2, 0.25) is 5.95 Å². The van der Waals surface area contributed by atoms with Gasteiger partial charge in [0.25, 0.3) is 5.56 Å². The van der Waals surface area contributed by atoms with Gasteiger partial charge >= 0.3 is 0 Å². The van der Waals surface area contributed by atoms with E-state index >= 15 is 0 Å². The Hall–Kier alpha value is -2.25. The molecule has 1 aromatic heterocycles. The molecule has 0 fully saturated rings. The van der Waals surface area contributed by atoms with Gasteiger partial charge in [-0.2, -0.15) is 0 Å². The van der Waals surface area contributed by atoms with Crippen LogP contribution in [-0.2, 0) is 13.1 Å². The molecule has 1 aliphatic rings. The normalized spacial score (nSPS) is 14.7. The fraction of sp³-hybridized carbons (Fsp3) is 0.500. The highest BCUT2D eigenvalue weighted by Crippen LogP contribution is 2.27. The molecule has 3 rings (SSSR count). The summed E-state index contributed by atoms with van der Waals surface area (Å²) in [5.74, 6) is 0.353. The first-order valence-corrected chi connectivity index (χ1v) is 9.41. The van der Waals surface area contributed by atoms with Crippen LogP contribution in [0, 0.1) is 12.7 Å². The Kier molecular flexibility index (Phi) is 5.92. The lowest BCUT2D eigenvalue weighted by molar-refractivity contribution is 0.189. The van der Waals surface area contributed by atoms with Crippen molar-refractivity contribution in [2.75, 3.05) is 38.8 Å². The fourth-order valence-corrected chi connectivity index (χ4v) is 3.51. The minimum Gasteiger partial charge on any atom is -0.309 e. The number of anilines is 2. The second-order valence-electron chi connectivity index (χ2n) is 7.30. The van der Waals surface area contributed by atoms with Gasteiger partial charge < -0.3 is 4.90 Å². The number of hydrogen-bond donors (Lipinski definition) is 0. The maximum absolute atomic E-state index is 13.4. The fourth-order valence-electron chi connectivity index (χ4n) is 3.51. The van der Waals surface area contributed by atoms with Crippen molar-refractivity contribution in [3.05, 3.63) is 51.7 Å². The zero-order valence-electron chi connectivity index (χ0n) is 16.6. The zero-order chi connectivity index (χ0) is 19.6. The number of aryl methyl sites for hydroxylation is 1. The molecule has 0 N–H and O–H groups in total. The van der Waals surface area contributed by atoms with Crippen LogP contribution in [0.5, 0.6) is 0 Å². The third-order valence-corrected chi connectivity index (χ3v) is 4.94. The summed E-state index contributed by atoms with van der Waals surface area (Å²) < 4.78 is 15.1. The molecule has 0 radical (unpaired) electrons. The minimum absolute atomic E-state index is 0.0180. The lowest BCUT2D eigenvalue weighted by atomic mass is 10.2. The second-order valence-corrected chi connectivity index (χ2v) is 7.30. The first-order chi connectivity index (χ1) is 12.9. The number of aromatic nitrogens is 2. The molecule has 0 amide bonds. The third-order valence-electron chi connectivity index (χ3n) is 4.94. The number of fused-ring (bicyclic) bond motifs is 1. The molecule has 2 heterocycles. The average molecular weight is 373 g/mol.